The minimum atomic E-state index is -1.56. The van der Waals surface area contributed by atoms with E-state index in [4.69, 9.17) is 0 Å². The zero-order chi connectivity index (χ0) is 20.2. The molecule has 0 fully saturated rings. The second kappa shape index (κ2) is 9.01. The lowest BCUT2D eigenvalue weighted by molar-refractivity contribution is 0.852. The third kappa shape index (κ3) is 4.02. The molecule has 0 aromatic heterocycles. The summed E-state index contributed by atoms with van der Waals surface area (Å²) in [5.74, 6) is 0. The molecule has 0 radical (unpaired) electrons. The van der Waals surface area contributed by atoms with Crippen molar-refractivity contribution in [2.45, 2.75) is 70.1 Å². The Morgan fingerprint density at radius 2 is 1.03 bits per heavy atom. The fraction of sp³-hybridized carbons (Fsp3) is 0.407. The van der Waals surface area contributed by atoms with Crippen molar-refractivity contribution in [1.29, 1.82) is 0 Å². The van der Waals surface area contributed by atoms with Gasteiger partial charge < -0.3 is 0 Å². The van der Waals surface area contributed by atoms with Crippen LogP contribution >= 0.6 is 0 Å². The van der Waals surface area contributed by atoms with Gasteiger partial charge in [0.15, 0.2) is 0 Å². The van der Waals surface area contributed by atoms with Gasteiger partial charge in [0.05, 0.1) is 0 Å². The summed E-state index contributed by atoms with van der Waals surface area (Å²) in [6.45, 7) is 5.07. The highest BCUT2D eigenvalue weighted by Crippen LogP contribution is 2.41. The van der Waals surface area contributed by atoms with Crippen LogP contribution in [-0.4, -0.2) is 16.1 Å². The molecule has 0 unspecified atom stereocenters. The molecule has 0 amide bonds. The van der Waals surface area contributed by atoms with E-state index < -0.39 is 16.1 Å². The molecule has 0 saturated heterocycles. The normalized spacial score (nSPS) is 20.5. The van der Waals surface area contributed by atoms with Crippen LogP contribution in [0.25, 0.3) is 0 Å². The van der Waals surface area contributed by atoms with Crippen molar-refractivity contribution < 1.29 is 0 Å². The third-order valence-corrected chi connectivity index (χ3v) is 17.6. The molecule has 2 heteroatoms. The molecule has 0 saturated carbocycles. The molecule has 0 aromatic rings. The lowest BCUT2D eigenvalue weighted by atomic mass is 10.4. The average Bonchev–Trinajstić information content (AvgIpc) is 3.54. The fourth-order valence-electron chi connectivity index (χ4n) is 5.76. The van der Waals surface area contributed by atoms with Crippen LogP contribution in [0.3, 0.4) is 0 Å². The Balaban J connectivity index is 1.47. The molecule has 29 heavy (non-hydrogen) atoms. The van der Waals surface area contributed by atoms with Crippen LogP contribution in [0.4, 0.5) is 0 Å². The Hall–Kier alpha value is -1.65. The lowest BCUT2D eigenvalue weighted by Crippen LogP contribution is -2.38. The van der Waals surface area contributed by atoms with Gasteiger partial charge in [0.25, 0.3) is 0 Å². The molecule has 0 bridgehead atoms. The van der Waals surface area contributed by atoms with E-state index in [0.717, 1.165) is 25.7 Å². The van der Waals surface area contributed by atoms with Gasteiger partial charge in [-0.05, 0) is 37.8 Å². The monoisotopic (exact) mass is 416 g/mol. The van der Waals surface area contributed by atoms with Crippen molar-refractivity contribution in [3.63, 3.8) is 0 Å². The number of unbranched alkanes of at least 4 members (excludes halogenated alkanes) is 1. The second-order valence-corrected chi connectivity index (χ2v) is 18.0. The maximum Gasteiger partial charge on any atom is 0.117 e. The van der Waals surface area contributed by atoms with Gasteiger partial charge in [-0.2, -0.15) is 0 Å². The van der Waals surface area contributed by atoms with Crippen molar-refractivity contribution in [2.24, 2.45) is 0 Å². The summed E-state index contributed by atoms with van der Waals surface area (Å²) in [5, 5.41) is 6.77. The van der Waals surface area contributed by atoms with Crippen molar-refractivity contribution in [3.8, 4) is 0 Å². The topological polar surface area (TPSA) is 0 Å². The van der Waals surface area contributed by atoms with Crippen LogP contribution in [0.1, 0.15) is 45.4 Å². The molecule has 0 atom stereocenters. The SMILES string of the molecule is CC[Si](CCCC[Si](C)(C1=CCC=C1)C1=CCC=C1)(C1=CCC=C1)C1=CCC=C1. The Kier molecular flexibility index (Phi) is 6.41. The standard InChI is InChI=1S/C27H36Si2/c1-3-29(26-18-8-9-19-26,27-20-10-11-21-27)23-13-12-22-28(2,24-14-4-5-15-24)25-16-6-7-17-25/h4,6,8,10,14-21H,3,5,7,9,11-13,22-23H2,1-2H3. The van der Waals surface area contributed by atoms with Crippen LogP contribution in [-0.2, 0) is 0 Å². The van der Waals surface area contributed by atoms with E-state index >= 15 is 0 Å². The first-order valence-corrected chi connectivity index (χ1v) is 16.8. The van der Waals surface area contributed by atoms with Gasteiger partial charge in [-0.15, -0.1) is 0 Å². The van der Waals surface area contributed by atoms with Gasteiger partial charge in [-0.1, -0.05) is 126 Å². The Morgan fingerprint density at radius 1 is 0.621 bits per heavy atom. The molecule has 152 valence electrons. The van der Waals surface area contributed by atoms with Crippen LogP contribution < -0.4 is 0 Å². The van der Waals surface area contributed by atoms with E-state index in [-0.39, 0.29) is 0 Å². The minimum absolute atomic E-state index is 1.14. The average molecular weight is 417 g/mol. The molecule has 0 spiro atoms. The Labute approximate surface area is 179 Å². The fourth-order valence-corrected chi connectivity index (χ4v) is 14.6. The van der Waals surface area contributed by atoms with Crippen LogP contribution in [0, 0.1) is 0 Å². The number of hydrogen-bond acceptors (Lipinski definition) is 0. The van der Waals surface area contributed by atoms with Crippen molar-refractivity contribution in [3.05, 3.63) is 93.7 Å². The summed E-state index contributed by atoms with van der Waals surface area (Å²) in [7, 11) is -3.10. The third-order valence-electron chi connectivity index (χ3n) is 7.60. The molecular formula is C27H36Si2. The van der Waals surface area contributed by atoms with Gasteiger partial charge in [-0.3, -0.25) is 0 Å². The smallest absolute Gasteiger partial charge is 0.0811 e. The van der Waals surface area contributed by atoms with E-state index in [1.165, 1.54) is 31.0 Å². The number of rotatable bonds is 10. The van der Waals surface area contributed by atoms with E-state index in [0.29, 0.717) is 0 Å². The highest BCUT2D eigenvalue weighted by Gasteiger charge is 2.39. The van der Waals surface area contributed by atoms with Crippen molar-refractivity contribution in [1.82, 2.24) is 0 Å². The first-order valence-electron chi connectivity index (χ1n) is 11.7. The molecule has 0 nitrogen and oxygen atoms in total. The summed E-state index contributed by atoms with van der Waals surface area (Å²) in [5.41, 5.74) is 0. The van der Waals surface area contributed by atoms with Gasteiger partial charge in [-0.25, -0.2) is 0 Å². The highest BCUT2D eigenvalue weighted by molar-refractivity contribution is 6.94. The van der Waals surface area contributed by atoms with E-state index in [1.54, 1.807) is 20.8 Å². The van der Waals surface area contributed by atoms with Crippen molar-refractivity contribution >= 4 is 16.1 Å². The van der Waals surface area contributed by atoms with E-state index in [9.17, 15) is 0 Å². The van der Waals surface area contributed by atoms with Crippen LogP contribution in [0.15, 0.2) is 93.7 Å². The van der Waals surface area contributed by atoms with Gasteiger partial charge in [0.2, 0.25) is 0 Å². The van der Waals surface area contributed by atoms with Gasteiger partial charge in [0.1, 0.15) is 16.1 Å². The van der Waals surface area contributed by atoms with Gasteiger partial charge in [0, 0.05) is 0 Å². The minimum Gasteiger partial charge on any atom is -0.0811 e. The zero-order valence-electron chi connectivity index (χ0n) is 18.3. The molecule has 0 heterocycles. The summed E-state index contributed by atoms with van der Waals surface area (Å²) in [4.78, 5) is 0. The molecule has 0 N–H and O–H groups in total. The molecule has 4 aliphatic rings. The lowest BCUT2D eigenvalue weighted by Gasteiger charge is -2.34. The van der Waals surface area contributed by atoms with Crippen LogP contribution in [0.2, 0.25) is 24.7 Å². The highest BCUT2D eigenvalue weighted by atomic mass is 28.3. The summed E-state index contributed by atoms with van der Waals surface area (Å²) >= 11 is 0. The summed E-state index contributed by atoms with van der Waals surface area (Å²) in [6.07, 6.45) is 36.7. The quantitative estimate of drug-likeness (QED) is 0.250. The Bertz CT molecular complexity index is 810. The van der Waals surface area contributed by atoms with Crippen molar-refractivity contribution in [2.75, 3.05) is 0 Å². The Morgan fingerprint density at radius 3 is 1.41 bits per heavy atom. The van der Waals surface area contributed by atoms with Gasteiger partial charge >= 0.3 is 0 Å². The second-order valence-electron chi connectivity index (χ2n) is 9.17. The molecule has 4 aliphatic carbocycles. The summed E-state index contributed by atoms with van der Waals surface area (Å²) in [6, 6.07) is 4.16. The molecule has 0 aliphatic heterocycles. The molecule has 4 rings (SSSR count). The first kappa shape index (κ1) is 20.6. The maximum absolute atomic E-state index is 2.62. The van der Waals surface area contributed by atoms with E-state index in [2.05, 4.69) is 86.4 Å². The molecule has 0 aromatic carbocycles. The van der Waals surface area contributed by atoms with Crippen LogP contribution in [0.5, 0.6) is 0 Å². The number of hydrogen-bond donors (Lipinski definition) is 0. The summed E-state index contributed by atoms with van der Waals surface area (Å²) < 4.78 is 0. The largest absolute Gasteiger partial charge is 0.117 e. The first-order chi connectivity index (χ1) is 14.2. The zero-order valence-corrected chi connectivity index (χ0v) is 20.3. The predicted octanol–water partition coefficient (Wildman–Crippen LogP) is 8.02. The van der Waals surface area contributed by atoms with E-state index in [1.807, 2.05) is 0 Å². The maximum atomic E-state index is 2.62. The number of allylic oxidation sites excluding steroid dienone is 16. The molecular weight excluding hydrogens is 380 g/mol. The predicted molar refractivity (Wildman–Crippen MR) is 134 cm³/mol.